The average molecular weight is 595 g/mol. The third-order valence-electron chi connectivity index (χ3n) is 6.94. The number of hydrogen-bond acceptors (Lipinski definition) is 8. The lowest BCUT2D eigenvalue weighted by Crippen LogP contribution is -2.27. The predicted octanol–water partition coefficient (Wildman–Crippen LogP) is 5.04. The standard InChI is InChI=1S/C28H38N2O8S2/c1-27(2,3)21-13-19(39(33,34)35)11-17(25(21)31)15-29-23-9-7-8-10-24(23)30-16-18-12-20(40(36,37)38)14-22(26(18)32)28(4,5)6/h11-16,23-24,31-32H,7-10H2,1-6H3,(H,33,34,35)(H,36,37,38)/t23-,24-/m1/s1. The Balaban J connectivity index is 2.02. The highest BCUT2D eigenvalue weighted by Crippen LogP contribution is 2.37. The van der Waals surface area contributed by atoms with Crippen molar-refractivity contribution in [2.45, 2.75) is 99.9 Å². The quantitative estimate of drug-likeness (QED) is 0.266. The maximum Gasteiger partial charge on any atom is 0.294 e. The number of nitrogens with zero attached hydrogens (tertiary/aromatic N) is 2. The van der Waals surface area contributed by atoms with Crippen molar-refractivity contribution in [2.75, 3.05) is 0 Å². The fraction of sp³-hybridized carbons (Fsp3) is 0.500. The van der Waals surface area contributed by atoms with Crippen molar-refractivity contribution in [2.24, 2.45) is 9.98 Å². The molecule has 1 fully saturated rings. The molecule has 0 heterocycles. The monoisotopic (exact) mass is 594 g/mol. The molecule has 0 spiro atoms. The van der Waals surface area contributed by atoms with E-state index in [-0.39, 0.29) is 44.5 Å². The van der Waals surface area contributed by atoms with Gasteiger partial charge in [-0.3, -0.25) is 19.1 Å². The van der Waals surface area contributed by atoms with E-state index in [9.17, 15) is 36.2 Å². The van der Waals surface area contributed by atoms with Gasteiger partial charge in [0.15, 0.2) is 0 Å². The van der Waals surface area contributed by atoms with Gasteiger partial charge in [0.05, 0.1) is 21.9 Å². The highest BCUT2D eigenvalue weighted by atomic mass is 32.2. The normalized spacial score (nSPS) is 19.5. The zero-order chi connectivity index (χ0) is 30.3. The van der Waals surface area contributed by atoms with Gasteiger partial charge < -0.3 is 10.2 Å². The largest absolute Gasteiger partial charge is 0.507 e. The fourth-order valence-electron chi connectivity index (χ4n) is 4.69. The summed E-state index contributed by atoms with van der Waals surface area (Å²) in [5.74, 6) is -0.276. The Kier molecular flexibility index (Phi) is 8.91. The van der Waals surface area contributed by atoms with Gasteiger partial charge in [0.2, 0.25) is 0 Å². The Morgan fingerprint density at radius 3 is 1.27 bits per heavy atom. The Bertz CT molecular complexity index is 1430. The highest BCUT2D eigenvalue weighted by molar-refractivity contribution is 7.86. The smallest absolute Gasteiger partial charge is 0.294 e. The Hall–Kier alpha value is -2.80. The van der Waals surface area contributed by atoms with Crippen LogP contribution in [0.3, 0.4) is 0 Å². The zero-order valence-electron chi connectivity index (χ0n) is 23.6. The van der Waals surface area contributed by atoms with Crippen LogP contribution in [-0.2, 0) is 31.1 Å². The first-order valence-corrected chi connectivity index (χ1v) is 15.8. The van der Waals surface area contributed by atoms with Crippen molar-refractivity contribution >= 4 is 32.7 Å². The number of hydrogen-bond donors (Lipinski definition) is 4. The lowest BCUT2D eigenvalue weighted by Gasteiger charge is -2.26. The van der Waals surface area contributed by atoms with Crippen LogP contribution < -0.4 is 0 Å². The topological polar surface area (TPSA) is 174 Å². The minimum atomic E-state index is -4.53. The molecule has 2 aromatic rings. The molecule has 0 saturated heterocycles. The van der Waals surface area contributed by atoms with Crippen LogP contribution in [0, 0.1) is 0 Å². The van der Waals surface area contributed by atoms with Gasteiger partial charge in [0, 0.05) is 34.7 Å². The highest BCUT2D eigenvalue weighted by Gasteiger charge is 2.27. The maximum absolute atomic E-state index is 11.9. The van der Waals surface area contributed by atoms with Gasteiger partial charge in [-0.1, -0.05) is 54.4 Å². The van der Waals surface area contributed by atoms with Crippen molar-refractivity contribution in [1.29, 1.82) is 0 Å². The summed E-state index contributed by atoms with van der Waals surface area (Å²) in [6.45, 7) is 10.8. The summed E-state index contributed by atoms with van der Waals surface area (Å²) in [4.78, 5) is 8.54. The van der Waals surface area contributed by atoms with Crippen LogP contribution in [0.1, 0.15) is 89.5 Å². The molecule has 2 aromatic carbocycles. The molecule has 0 bridgehead atoms. The Morgan fingerprint density at radius 2 is 1.00 bits per heavy atom. The zero-order valence-corrected chi connectivity index (χ0v) is 25.2. The Morgan fingerprint density at radius 1 is 0.675 bits per heavy atom. The average Bonchev–Trinajstić information content (AvgIpc) is 2.80. The van der Waals surface area contributed by atoms with Gasteiger partial charge in [-0.15, -0.1) is 0 Å². The summed E-state index contributed by atoms with van der Waals surface area (Å²) in [7, 11) is -9.06. The molecule has 4 N–H and O–H groups in total. The van der Waals surface area contributed by atoms with Crippen LogP contribution in [-0.4, -0.2) is 60.7 Å². The van der Waals surface area contributed by atoms with Crippen molar-refractivity contribution in [1.82, 2.24) is 0 Å². The van der Waals surface area contributed by atoms with Gasteiger partial charge in [-0.25, -0.2) is 0 Å². The first-order valence-electron chi connectivity index (χ1n) is 13.0. The number of aromatic hydroxyl groups is 2. The molecule has 1 aliphatic carbocycles. The van der Waals surface area contributed by atoms with Crippen molar-refractivity contribution in [3.63, 3.8) is 0 Å². The van der Waals surface area contributed by atoms with E-state index in [1.165, 1.54) is 24.6 Å². The molecule has 12 heteroatoms. The molecule has 1 saturated carbocycles. The summed E-state index contributed by atoms with van der Waals surface area (Å²) in [6.07, 6.45) is 5.82. The van der Waals surface area contributed by atoms with Crippen LogP contribution in [0.15, 0.2) is 44.0 Å². The number of aliphatic imine (C=N–C) groups is 2. The molecule has 0 unspecified atom stereocenters. The third-order valence-corrected chi connectivity index (χ3v) is 8.60. The van der Waals surface area contributed by atoms with Crippen LogP contribution in [0.5, 0.6) is 11.5 Å². The van der Waals surface area contributed by atoms with E-state index in [0.29, 0.717) is 24.0 Å². The van der Waals surface area contributed by atoms with E-state index < -0.39 is 31.1 Å². The first kappa shape index (κ1) is 31.7. The number of phenols is 2. The second-order valence-corrected chi connectivity index (χ2v) is 15.1. The lowest BCUT2D eigenvalue weighted by atomic mass is 9.85. The van der Waals surface area contributed by atoms with Gasteiger partial charge in [-0.2, -0.15) is 16.8 Å². The number of benzene rings is 2. The van der Waals surface area contributed by atoms with Gasteiger partial charge in [-0.05, 0) is 47.9 Å². The molecule has 10 nitrogen and oxygen atoms in total. The minimum absolute atomic E-state index is 0.138. The van der Waals surface area contributed by atoms with Crippen LogP contribution in [0.4, 0.5) is 0 Å². The van der Waals surface area contributed by atoms with E-state index in [1.807, 2.05) is 0 Å². The molecule has 0 aromatic heterocycles. The Labute approximate surface area is 236 Å². The predicted molar refractivity (Wildman–Crippen MR) is 154 cm³/mol. The summed E-state index contributed by atoms with van der Waals surface area (Å²) in [6, 6.07) is 4.13. The summed E-state index contributed by atoms with van der Waals surface area (Å²) < 4.78 is 66.9. The molecule has 0 amide bonds. The maximum atomic E-state index is 11.9. The molecule has 0 radical (unpaired) electrons. The van der Waals surface area contributed by atoms with E-state index in [0.717, 1.165) is 25.0 Å². The van der Waals surface area contributed by atoms with Crippen molar-refractivity contribution in [3.8, 4) is 11.5 Å². The SMILES string of the molecule is CC(C)(C)c1cc(S(=O)(=O)O)cc(C=N[C@@H]2CCCC[C@H]2N=Cc2cc(S(=O)(=O)O)cc(C(C)(C)C)c2O)c1O. The summed E-state index contributed by atoms with van der Waals surface area (Å²) >= 11 is 0. The molecule has 220 valence electrons. The van der Waals surface area contributed by atoms with Gasteiger partial charge in [0.1, 0.15) is 11.5 Å². The fourth-order valence-corrected chi connectivity index (χ4v) is 5.77. The van der Waals surface area contributed by atoms with Crippen LogP contribution in [0.25, 0.3) is 0 Å². The number of phenolic OH excluding ortho intramolecular Hbond substituents is 2. The molecule has 1 aliphatic rings. The van der Waals surface area contributed by atoms with Gasteiger partial charge >= 0.3 is 0 Å². The lowest BCUT2D eigenvalue weighted by molar-refractivity contribution is 0.389. The molecule has 3 rings (SSSR count). The van der Waals surface area contributed by atoms with Crippen molar-refractivity contribution in [3.05, 3.63) is 46.5 Å². The van der Waals surface area contributed by atoms with E-state index in [1.54, 1.807) is 41.5 Å². The van der Waals surface area contributed by atoms with Crippen molar-refractivity contribution < 1.29 is 36.2 Å². The molecular weight excluding hydrogens is 556 g/mol. The van der Waals surface area contributed by atoms with Crippen LogP contribution >= 0.6 is 0 Å². The first-order chi connectivity index (χ1) is 18.2. The van der Waals surface area contributed by atoms with E-state index >= 15 is 0 Å². The summed E-state index contributed by atoms with van der Waals surface area (Å²) in [5.41, 5.74) is -0.272. The molecule has 0 aliphatic heterocycles. The van der Waals surface area contributed by atoms with E-state index in [2.05, 4.69) is 9.98 Å². The second-order valence-electron chi connectivity index (χ2n) is 12.2. The molecule has 40 heavy (non-hydrogen) atoms. The third kappa shape index (κ3) is 7.48. The van der Waals surface area contributed by atoms with E-state index in [4.69, 9.17) is 0 Å². The second kappa shape index (κ2) is 11.2. The van der Waals surface area contributed by atoms with Gasteiger partial charge in [0.25, 0.3) is 20.2 Å². The molecular formula is C28H38N2O8S2. The summed E-state index contributed by atoms with van der Waals surface area (Å²) in [5, 5.41) is 21.8. The van der Waals surface area contributed by atoms with Crippen LogP contribution in [0.2, 0.25) is 0 Å². The minimum Gasteiger partial charge on any atom is -0.507 e. The molecule has 2 atom stereocenters. The number of rotatable bonds is 6.